The van der Waals surface area contributed by atoms with E-state index in [0.29, 0.717) is 35.8 Å². The number of benzene rings is 1. The number of aromatic nitrogens is 2. The lowest BCUT2D eigenvalue weighted by Crippen LogP contribution is -2.36. The molecule has 2 saturated heterocycles. The van der Waals surface area contributed by atoms with Gasteiger partial charge in [0.05, 0.1) is 24.4 Å². The highest BCUT2D eigenvalue weighted by atomic mass is 32.2. The minimum atomic E-state index is -3.78. The SMILES string of the molecule is COc1ccccc1S(=O)(=O)N1CCC[C@H]1c1ncc(C(=O)N2CCCCC2)c(C)n1. The average Bonchev–Trinajstić information content (AvgIpc) is 3.30. The maximum atomic E-state index is 13.4. The van der Waals surface area contributed by atoms with Crippen LogP contribution >= 0.6 is 0 Å². The first-order chi connectivity index (χ1) is 14.9. The summed E-state index contributed by atoms with van der Waals surface area (Å²) in [6.07, 6.45) is 6.09. The van der Waals surface area contributed by atoms with Crippen LogP contribution in [0.15, 0.2) is 35.4 Å². The number of sulfonamides is 1. The summed E-state index contributed by atoms with van der Waals surface area (Å²) in [4.78, 5) is 23.9. The third-order valence-electron chi connectivity index (χ3n) is 6.03. The van der Waals surface area contributed by atoms with Crippen LogP contribution in [0.4, 0.5) is 0 Å². The number of hydrogen-bond acceptors (Lipinski definition) is 6. The van der Waals surface area contributed by atoms with Gasteiger partial charge in [-0.1, -0.05) is 12.1 Å². The van der Waals surface area contributed by atoms with E-state index in [-0.39, 0.29) is 10.8 Å². The Bertz CT molecular complexity index is 1070. The van der Waals surface area contributed by atoms with E-state index in [0.717, 1.165) is 38.8 Å². The molecule has 2 fully saturated rings. The molecular formula is C22H28N4O4S. The molecule has 0 spiro atoms. The number of ether oxygens (including phenoxy) is 1. The molecule has 4 rings (SSSR count). The van der Waals surface area contributed by atoms with Crippen LogP contribution in [0.5, 0.6) is 5.75 Å². The molecule has 1 aromatic carbocycles. The van der Waals surface area contributed by atoms with E-state index >= 15 is 0 Å². The summed E-state index contributed by atoms with van der Waals surface area (Å²) in [5.74, 6) is 0.699. The molecule has 2 aromatic rings. The van der Waals surface area contributed by atoms with Crippen LogP contribution < -0.4 is 4.74 Å². The van der Waals surface area contributed by atoms with Crippen molar-refractivity contribution in [2.75, 3.05) is 26.7 Å². The highest BCUT2D eigenvalue weighted by Crippen LogP contribution is 2.37. The van der Waals surface area contributed by atoms with Gasteiger partial charge in [-0.05, 0) is 51.2 Å². The van der Waals surface area contributed by atoms with Gasteiger partial charge >= 0.3 is 0 Å². The van der Waals surface area contributed by atoms with Crippen molar-refractivity contribution >= 4 is 15.9 Å². The number of carbonyl (C=O) groups excluding carboxylic acids is 1. The third kappa shape index (κ3) is 4.16. The normalized spacial score (nSPS) is 20.1. The summed E-state index contributed by atoms with van der Waals surface area (Å²) in [6, 6.07) is 6.15. The standard InChI is InChI=1S/C22H28N4O4S/c1-16-17(22(27)25-12-6-3-7-13-25)15-23-21(24-16)18-9-8-14-26(18)31(28,29)20-11-5-4-10-19(20)30-2/h4-5,10-11,15,18H,3,6-9,12-14H2,1-2H3/t18-/m0/s1. The Balaban J connectivity index is 1.61. The summed E-state index contributed by atoms with van der Waals surface area (Å²) in [6.45, 7) is 3.69. The van der Waals surface area contributed by atoms with E-state index in [2.05, 4.69) is 9.97 Å². The molecule has 0 saturated carbocycles. The summed E-state index contributed by atoms with van der Waals surface area (Å²) in [5, 5.41) is 0. The molecule has 0 aliphatic carbocycles. The van der Waals surface area contributed by atoms with Crippen molar-refractivity contribution in [3.63, 3.8) is 0 Å². The first kappa shape index (κ1) is 21.7. The zero-order valence-corrected chi connectivity index (χ0v) is 18.8. The highest BCUT2D eigenvalue weighted by molar-refractivity contribution is 7.89. The van der Waals surface area contributed by atoms with Gasteiger partial charge in [-0.15, -0.1) is 0 Å². The molecule has 1 aromatic heterocycles. The summed E-state index contributed by atoms with van der Waals surface area (Å²) in [7, 11) is -2.32. The highest BCUT2D eigenvalue weighted by Gasteiger charge is 2.39. The van der Waals surface area contributed by atoms with Gasteiger partial charge in [0, 0.05) is 25.8 Å². The Morgan fingerprint density at radius 1 is 1.10 bits per heavy atom. The van der Waals surface area contributed by atoms with Gasteiger partial charge in [-0.3, -0.25) is 4.79 Å². The zero-order valence-electron chi connectivity index (χ0n) is 18.0. The Hall–Kier alpha value is -2.52. The van der Waals surface area contributed by atoms with Crippen molar-refractivity contribution in [3.8, 4) is 5.75 Å². The molecule has 166 valence electrons. The number of amides is 1. The minimum absolute atomic E-state index is 0.0475. The van der Waals surface area contributed by atoms with Gasteiger partial charge in [-0.25, -0.2) is 18.4 Å². The first-order valence-corrected chi connectivity index (χ1v) is 12.1. The summed E-state index contributed by atoms with van der Waals surface area (Å²) in [5.41, 5.74) is 1.07. The molecule has 9 heteroatoms. The molecule has 1 atom stereocenters. The van der Waals surface area contributed by atoms with E-state index in [4.69, 9.17) is 4.74 Å². The van der Waals surface area contributed by atoms with Crippen LogP contribution in [-0.2, 0) is 10.0 Å². The molecule has 3 heterocycles. The molecule has 0 unspecified atom stereocenters. The second-order valence-electron chi connectivity index (χ2n) is 8.00. The van der Waals surface area contributed by atoms with Crippen molar-refractivity contribution in [1.82, 2.24) is 19.2 Å². The number of carbonyl (C=O) groups is 1. The van der Waals surface area contributed by atoms with E-state index in [9.17, 15) is 13.2 Å². The Kier molecular flexibility index (Phi) is 6.24. The molecule has 2 aliphatic heterocycles. The van der Waals surface area contributed by atoms with Crippen LogP contribution in [0.2, 0.25) is 0 Å². The van der Waals surface area contributed by atoms with Crippen LogP contribution in [0, 0.1) is 6.92 Å². The molecular weight excluding hydrogens is 416 g/mol. The quantitative estimate of drug-likeness (QED) is 0.704. The molecule has 0 N–H and O–H groups in total. The number of methoxy groups -OCH3 is 1. The van der Waals surface area contributed by atoms with E-state index in [1.165, 1.54) is 11.4 Å². The molecule has 0 bridgehead atoms. The van der Waals surface area contributed by atoms with Gasteiger partial charge in [0.1, 0.15) is 16.5 Å². The maximum Gasteiger partial charge on any atom is 0.257 e. The van der Waals surface area contributed by atoms with Gasteiger partial charge in [0.15, 0.2) is 0 Å². The van der Waals surface area contributed by atoms with Crippen LogP contribution in [-0.4, -0.2) is 60.2 Å². The molecule has 8 nitrogen and oxygen atoms in total. The van der Waals surface area contributed by atoms with E-state index in [1.807, 2.05) is 4.90 Å². The second-order valence-corrected chi connectivity index (χ2v) is 9.86. The Morgan fingerprint density at radius 3 is 2.55 bits per heavy atom. The fourth-order valence-corrected chi connectivity index (χ4v) is 6.18. The third-order valence-corrected chi connectivity index (χ3v) is 7.98. The van der Waals surface area contributed by atoms with Gasteiger partial charge < -0.3 is 9.64 Å². The predicted octanol–water partition coefficient (Wildman–Crippen LogP) is 2.95. The first-order valence-electron chi connectivity index (χ1n) is 10.7. The number of nitrogens with zero attached hydrogens (tertiary/aromatic N) is 4. The molecule has 0 radical (unpaired) electrons. The Labute approximate surface area is 183 Å². The number of hydrogen-bond donors (Lipinski definition) is 0. The summed E-state index contributed by atoms with van der Waals surface area (Å²) >= 11 is 0. The van der Waals surface area contributed by atoms with Crippen molar-refractivity contribution in [2.24, 2.45) is 0 Å². The number of likely N-dealkylation sites (tertiary alicyclic amines) is 1. The lowest BCUT2D eigenvalue weighted by molar-refractivity contribution is 0.0722. The maximum absolute atomic E-state index is 13.4. The van der Waals surface area contributed by atoms with Crippen LogP contribution in [0.3, 0.4) is 0 Å². The topological polar surface area (TPSA) is 92.7 Å². The van der Waals surface area contributed by atoms with Crippen molar-refractivity contribution in [1.29, 1.82) is 0 Å². The van der Waals surface area contributed by atoms with Crippen LogP contribution in [0.25, 0.3) is 0 Å². The van der Waals surface area contributed by atoms with Crippen molar-refractivity contribution in [3.05, 3.63) is 47.5 Å². The van der Waals surface area contributed by atoms with E-state index < -0.39 is 16.1 Å². The average molecular weight is 445 g/mol. The number of para-hydroxylation sites is 1. The molecule has 1 amide bonds. The summed E-state index contributed by atoms with van der Waals surface area (Å²) < 4.78 is 33.5. The fourth-order valence-electron chi connectivity index (χ4n) is 4.37. The monoisotopic (exact) mass is 444 g/mol. The molecule has 2 aliphatic rings. The number of rotatable bonds is 5. The van der Waals surface area contributed by atoms with Gasteiger partial charge in [0.25, 0.3) is 5.91 Å². The zero-order chi connectivity index (χ0) is 22.0. The minimum Gasteiger partial charge on any atom is -0.495 e. The predicted molar refractivity (Wildman–Crippen MR) is 115 cm³/mol. The van der Waals surface area contributed by atoms with Crippen LogP contribution in [0.1, 0.15) is 60.0 Å². The van der Waals surface area contributed by atoms with Crippen molar-refractivity contribution < 1.29 is 17.9 Å². The van der Waals surface area contributed by atoms with Gasteiger partial charge in [0.2, 0.25) is 10.0 Å². The second kappa shape index (κ2) is 8.92. The van der Waals surface area contributed by atoms with Crippen molar-refractivity contribution in [2.45, 2.75) is 50.0 Å². The lowest BCUT2D eigenvalue weighted by Gasteiger charge is -2.27. The van der Waals surface area contributed by atoms with Gasteiger partial charge in [-0.2, -0.15) is 4.31 Å². The van der Waals surface area contributed by atoms with E-state index in [1.54, 1.807) is 37.4 Å². The largest absolute Gasteiger partial charge is 0.495 e. The smallest absolute Gasteiger partial charge is 0.257 e. The molecule has 31 heavy (non-hydrogen) atoms. The Morgan fingerprint density at radius 2 is 1.84 bits per heavy atom. The number of piperidine rings is 1. The fraction of sp³-hybridized carbons (Fsp3) is 0.500. The number of aryl methyl sites for hydroxylation is 1. The lowest BCUT2D eigenvalue weighted by atomic mass is 10.1.